The number of carboxylic acid groups (broad SMARTS) is 1. The minimum absolute atomic E-state index is 0.267. The van der Waals surface area contributed by atoms with Crippen LogP contribution in [-0.4, -0.2) is 20.9 Å². The molecule has 0 aliphatic carbocycles. The Labute approximate surface area is 116 Å². The monoisotopic (exact) mass is 278 g/mol. The maximum absolute atomic E-state index is 11.1. The van der Waals surface area contributed by atoms with Crippen LogP contribution in [-0.2, 0) is 6.54 Å². The molecule has 100 valence electrons. The van der Waals surface area contributed by atoms with Crippen molar-refractivity contribution in [1.29, 1.82) is 0 Å². The van der Waals surface area contributed by atoms with Crippen LogP contribution in [0.25, 0.3) is 0 Å². The summed E-state index contributed by atoms with van der Waals surface area (Å²) in [5.74, 6) is -0.948. The molecule has 1 aromatic heterocycles. The Morgan fingerprint density at radius 2 is 2.05 bits per heavy atom. The normalized spacial score (nSPS) is 10.7. The van der Waals surface area contributed by atoms with Gasteiger partial charge in [-0.25, -0.2) is 4.79 Å². The summed E-state index contributed by atoms with van der Waals surface area (Å²) >= 11 is 6.18. The van der Waals surface area contributed by atoms with Gasteiger partial charge in [-0.05, 0) is 38.0 Å². The molecule has 2 rings (SSSR count). The molecule has 0 aliphatic heterocycles. The van der Waals surface area contributed by atoms with Crippen LogP contribution in [0.2, 0.25) is 5.02 Å². The smallest absolute Gasteiger partial charge is 0.339 e. The first-order valence-electron chi connectivity index (χ1n) is 5.92. The third-order valence-electron chi connectivity index (χ3n) is 3.12. The Bertz CT molecular complexity index is 647. The number of benzene rings is 1. The molecule has 0 spiro atoms. The van der Waals surface area contributed by atoms with E-state index in [4.69, 9.17) is 16.7 Å². The van der Waals surface area contributed by atoms with E-state index in [9.17, 15) is 4.79 Å². The number of halogens is 1. The van der Waals surface area contributed by atoms with Crippen molar-refractivity contribution in [3.05, 3.63) is 51.3 Å². The molecule has 0 atom stereocenters. The summed E-state index contributed by atoms with van der Waals surface area (Å²) in [5, 5.41) is 14.1. The number of aryl methyl sites for hydroxylation is 2. The van der Waals surface area contributed by atoms with Crippen LogP contribution in [0.1, 0.15) is 32.9 Å². The standard InChI is InChI=1S/C14H15ClN2O2/c1-8-4-5-11(12(15)6-8)7-17-10(3)13(14(18)19)9(2)16-17/h4-6H,7H2,1-3H3,(H,18,19). The minimum atomic E-state index is -0.948. The maximum atomic E-state index is 11.1. The van der Waals surface area contributed by atoms with Gasteiger partial charge in [0.15, 0.2) is 0 Å². The van der Waals surface area contributed by atoms with Crippen LogP contribution in [0.15, 0.2) is 18.2 Å². The van der Waals surface area contributed by atoms with Gasteiger partial charge >= 0.3 is 5.97 Å². The lowest BCUT2D eigenvalue weighted by Gasteiger charge is -2.07. The largest absolute Gasteiger partial charge is 0.478 e. The summed E-state index contributed by atoms with van der Waals surface area (Å²) in [5.41, 5.74) is 3.45. The second-order valence-electron chi connectivity index (χ2n) is 4.60. The molecular weight excluding hydrogens is 264 g/mol. The summed E-state index contributed by atoms with van der Waals surface area (Å²) in [6.45, 7) is 5.90. The molecule has 0 saturated carbocycles. The molecule has 0 unspecified atom stereocenters. The summed E-state index contributed by atoms with van der Waals surface area (Å²) < 4.78 is 1.68. The van der Waals surface area contributed by atoms with E-state index in [2.05, 4.69) is 5.10 Å². The Kier molecular flexibility index (Phi) is 3.62. The second-order valence-corrected chi connectivity index (χ2v) is 5.01. The number of aromatic carboxylic acids is 1. The van der Waals surface area contributed by atoms with Crippen LogP contribution in [0.3, 0.4) is 0 Å². The topological polar surface area (TPSA) is 55.1 Å². The van der Waals surface area contributed by atoms with Gasteiger partial charge in [0.2, 0.25) is 0 Å². The van der Waals surface area contributed by atoms with Crippen LogP contribution in [0.5, 0.6) is 0 Å². The summed E-state index contributed by atoms with van der Waals surface area (Å²) in [7, 11) is 0. The van der Waals surface area contributed by atoms with Gasteiger partial charge in [0.05, 0.1) is 17.9 Å². The highest BCUT2D eigenvalue weighted by Gasteiger charge is 2.18. The SMILES string of the molecule is Cc1ccc(Cn2nc(C)c(C(=O)O)c2C)c(Cl)c1. The Morgan fingerprint density at radius 3 is 2.58 bits per heavy atom. The van der Waals surface area contributed by atoms with E-state index in [0.717, 1.165) is 11.1 Å². The van der Waals surface area contributed by atoms with Crippen molar-refractivity contribution in [2.75, 3.05) is 0 Å². The van der Waals surface area contributed by atoms with Crippen molar-refractivity contribution < 1.29 is 9.90 Å². The first kappa shape index (κ1) is 13.6. The number of nitrogens with zero attached hydrogens (tertiary/aromatic N) is 2. The maximum Gasteiger partial charge on any atom is 0.339 e. The van der Waals surface area contributed by atoms with Crippen LogP contribution >= 0.6 is 11.6 Å². The van der Waals surface area contributed by atoms with E-state index in [1.807, 2.05) is 25.1 Å². The van der Waals surface area contributed by atoms with Crippen molar-refractivity contribution in [3.8, 4) is 0 Å². The third kappa shape index (κ3) is 2.63. The average Bonchev–Trinajstić information content (AvgIpc) is 2.58. The van der Waals surface area contributed by atoms with Crippen LogP contribution in [0.4, 0.5) is 0 Å². The van der Waals surface area contributed by atoms with Gasteiger partial charge in [0, 0.05) is 5.02 Å². The number of rotatable bonds is 3. The lowest BCUT2D eigenvalue weighted by atomic mass is 10.1. The molecule has 5 heteroatoms. The molecule has 1 heterocycles. The van der Waals surface area contributed by atoms with Gasteiger partial charge in [0.25, 0.3) is 0 Å². The lowest BCUT2D eigenvalue weighted by Crippen LogP contribution is -2.06. The van der Waals surface area contributed by atoms with Gasteiger partial charge in [-0.2, -0.15) is 5.10 Å². The third-order valence-corrected chi connectivity index (χ3v) is 3.48. The Morgan fingerprint density at radius 1 is 1.37 bits per heavy atom. The molecule has 0 radical (unpaired) electrons. The second kappa shape index (κ2) is 5.05. The van der Waals surface area contributed by atoms with E-state index >= 15 is 0 Å². The first-order chi connectivity index (χ1) is 8.90. The molecule has 0 fully saturated rings. The molecule has 1 N–H and O–H groups in total. The summed E-state index contributed by atoms with van der Waals surface area (Å²) in [6.07, 6.45) is 0. The highest BCUT2D eigenvalue weighted by Crippen LogP contribution is 2.20. The minimum Gasteiger partial charge on any atom is -0.478 e. The first-order valence-corrected chi connectivity index (χ1v) is 6.30. The molecule has 4 nitrogen and oxygen atoms in total. The molecular formula is C14H15ClN2O2. The van der Waals surface area contributed by atoms with E-state index < -0.39 is 5.97 Å². The zero-order valence-electron chi connectivity index (χ0n) is 11.1. The molecule has 1 aromatic carbocycles. The van der Waals surface area contributed by atoms with Gasteiger partial charge < -0.3 is 5.11 Å². The molecule has 0 saturated heterocycles. The number of aromatic nitrogens is 2. The van der Waals surface area contributed by atoms with E-state index in [1.165, 1.54) is 0 Å². The fourth-order valence-corrected chi connectivity index (χ4v) is 2.40. The Hall–Kier alpha value is -1.81. The van der Waals surface area contributed by atoms with Crippen molar-refractivity contribution >= 4 is 17.6 Å². The fourth-order valence-electron chi connectivity index (χ4n) is 2.10. The molecule has 0 bridgehead atoms. The van der Waals surface area contributed by atoms with Crippen LogP contribution < -0.4 is 0 Å². The van der Waals surface area contributed by atoms with E-state index in [-0.39, 0.29) is 5.56 Å². The van der Waals surface area contributed by atoms with Gasteiger partial charge in [-0.1, -0.05) is 23.7 Å². The number of hydrogen-bond acceptors (Lipinski definition) is 2. The predicted octanol–water partition coefficient (Wildman–Crippen LogP) is 3.21. The summed E-state index contributed by atoms with van der Waals surface area (Å²) in [6, 6.07) is 5.81. The van der Waals surface area contributed by atoms with E-state index in [1.54, 1.807) is 18.5 Å². The quantitative estimate of drug-likeness (QED) is 0.938. The fraction of sp³-hybridized carbons (Fsp3) is 0.286. The van der Waals surface area contributed by atoms with Gasteiger partial charge in [-0.3, -0.25) is 4.68 Å². The summed E-state index contributed by atoms with van der Waals surface area (Å²) in [4.78, 5) is 11.1. The zero-order chi connectivity index (χ0) is 14.2. The Balaban J connectivity index is 2.39. The molecule has 2 aromatic rings. The van der Waals surface area contributed by atoms with Crippen molar-refractivity contribution in [1.82, 2.24) is 9.78 Å². The molecule has 0 aliphatic rings. The highest BCUT2D eigenvalue weighted by molar-refractivity contribution is 6.31. The average molecular weight is 279 g/mol. The predicted molar refractivity (Wildman–Crippen MR) is 74.0 cm³/mol. The van der Waals surface area contributed by atoms with Gasteiger partial charge in [-0.15, -0.1) is 0 Å². The molecule has 0 amide bonds. The van der Waals surface area contributed by atoms with Crippen molar-refractivity contribution in [3.63, 3.8) is 0 Å². The number of carboxylic acids is 1. The van der Waals surface area contributed by atoms with Crippen molar-refractivity contribution in [2.24, 2.45) is 0 Å². The molecule has 19 heavy (non-hydrogen) atoms. The zero-order valence-corrected chi connectivity index (χ0v) is 11.8. The number of carbonyl (C=O) groups is 1. The lowest BCUT2D eigenvalue weighted by molar-refractivity contribution is 0.0695. The number of hydrogen-bond donors (Lipinski definition) is 1. The highest BCUT2D eigenvalue weighted by atomic mass is 35.5. The van der Waals surface area contributed by atoms with E-state index in [0.29, 0.717) is 23.0 Å². The van der Waals surface area contributed by atoms with Crippen molar-refractivity contribution in [2.45, 2.75) is 27.3 Å². The van der Waals surface area contributed by atoms with Gasteiger partial charge in [0.1, 0.15) is 5.56 Å². The van der Waals surface area contributed by atoms with Crippen LogP contribution in [0, 0.1) is 20.8 Å².